The second-order valence-electron chi connectivity index (χ2n) is 6.17. The average Bonchev–Trinajstić information content (AvgIpc) is 3.22. The fourth-order valence-corrected chi connectivity index (χ4v) is 2.51. The number of aromatic nitrogens is 4. The molecule has 3 rings (SSSR count). The van der Waals surface area contributed by atoms with E-state index in [0.29, 0.717) is 5.56 Å². The first-order chi connectivity index (χ1) is 13.5. The lowest BCUT2D eigenvalue weighted by molar-refractivity contribution is -0.120. The maximum Gasteiger partial charge on any atom is 0.251 e. The Hall–Kier alpha value is -3.62. The van der Waals surface area contributed by atoms with Crippen LogP contribution in [-0.2, 0) is 11.2 Å². The van der Waals surface area contributed by atoms with Crippen molar-refractivity contribution in [2.45, 2.75) is 13.3 Å². The number of nitrogens with zero attached hydrogens (tertiary/aromatic N) is 4. The Morgan fingerprint density at radius 1 is 1.07 bits per heavy atom. The van der Waals surface area contributed by atoms with Gasteiger partial charge in [-0.15, -0.1) is 5.10 Å². The molecule has 0 saturated carbocycles. The molecule has 8 nitrogen and oxygen atoms in total. The number of hydrogen-bond acceptors (Lipinski definition) is 5. The van der Waals surface area contributed by atoms with Crippen LogP contribution >= 0.6 is 0 Å². The minimum atomic E-state index is -0.424. The molecule has 1 heterocycles. The molecule has 0 aliphatic heterocycles. The third-order valence-corrected chi connectivity index (χ3v) is 4.08. The van der Waals surface area contributed by atoms with Crippen LogP contribution in [-0.4, -0.2) is 45.1 Å². The summed E-state index contributed by atoms with van der Waals surface area (Å²) in [7, 11) is 0. The topological polar surface area (TPSA) is 102 Å². The summed E-state index contributed by atoms with van der Waals surface area (Å²) in [6.45, 7) is 2.16. The fourth-order valence-electron chi connectivity index (χ4n) is 2.51. The number of benzene rings is 2. The van der Waals surface area contributed by atoms with Crippen molar-refractivity contribution in [1.29, 1.82) is 0 Å². The van der Waals surface area contributed by atoms with Crippen molar-refractivity contribution in [2.75, 3.05) is 13.1 Å². The van der Waals surface area contributed by atoms with Crippen LogP contribution in [0.15, 0.2) is 48.8 Å². The molecule has 0 fully saturated rings. The number of tetrazole rings is 1. The summed E-state index contributed by atoms with van der Waals surface area (Å²) in [5.41, 5.74) is 2.37. The van der Waals surface area contributed by atoms with E-state index in [1.807, 2.05) is 24.3 Å². The van der Waals surface area contributed by atoms with Gasteiger partial charge in [0.05, 0.1) is 12.1 Å². The van der Waals surface area contributed by atoms with Crippen LogP contribution in [0, 0.1) is 12.7 Å². The molecule has 144 valence electrons. The summed E-state index contributed by atoms with van der Waals surface area (Å²) >= 11 is 0. The molecular weight excluding hydrogens is 363 g/mol. The van der Waals surface area contributed by atoms with Gasteiger partial charge in [0.2, 0.25) is 5.91 Å². The predicted molar refractivity (Wildman–Crippen MR) is 99.3 cm³/mol. The lowest BCUT2D eigenvalue weighted by Crippen LogP contribution is -2.35. The molecular formula is C19H19FN6O2. The Morgan fingerprint density at radius 2 is 1.82 bits per heavy atom. The molecule has 28 heavy (non-hydrogen) atoms. The first kappa shape index (κ1) is 19.2. The molecule has 1 aromatic heterocycles. The van der Waals surface area contributed by atoms with Crippen LogP contribution in [0.1, 0.15) is 21.5 Å². The monoisotopic (exact) mass is 382 g/mol. The first-order valence-corrected chi connectivity index (χ1v) is 8.66. The Bertz CT molecular complexity index is 957. The highest BCUT2D eigenvalue weighted by Crippen LogP contribution is 2.09. The predicted octanol–water partition coefficient (Wildman–Crippen LogP) is 1.20. The van der Waals surface area contributed by atoms with Crippen LogP contribution in [0.4, 0.5) is 4.39 Å². The summed E-state index contributed by atoms with van der Waals surface area (Å²) in [4.78, 5) is 24.0. The summed E-state index contributed by atoms with van der Waals surface area (Å²) < 4.78 is 15.0. The number of amides is 2. The van der Waals surface area contributed by atoms with Crippen LogP contribution in [0.3, 0.4) is 0 Å². The smallest absolute Gasteiger partial charge is 0.251 e. The number of halogens is 1. The van der Waals surface area contributed by atoms with E-state index in [1.165, 1.54) is 17.1 Å². The maximum absolute atomic E-state index is 13.5. The van der Waals surface area contributed by atoms with Crippen molar-refractivity contribution >= 4 is 11.8 Å². The van der Waals surface area contributed by atoms with Crippen molar-refractivity contribution in [3.05, 3.63) is 71.3 Å². The zero-order chi connectivity index (χ0) is 19.9. The van der Waals surface area contributed by atoms with Crippen LogP contribution < -0.4 is 10.6 Å². The van der Waals surface area contributed by atoms with Gasteiger partial charge >= 0.3 is 0 Å². The molecule has 0 atom stereocenters. The molecule has 0 spiro atoms. The van der Waals surface area contributed by atoms with Gasteiger partial charge in [-0.05, 0) is 52.7 Å². The molecule has 0 saturated heterocycles. The van der Waals surface area contributed by atoms with E-state index >= 15 is 0 Å². The Labute approximate surface area is 160 Å². The molecule has 0 unspecified atom stereocenters. The van der Waals surface area contributed by atoms with Gasteiger partial charge in [-0.3, -0.25) is 9.59 Å². The van der Waals surface area contributed by atoms with Gasteiger partial charge in [-0.25, -0.2) is 9.07 Å². The van der Waals surface area contributed by atoms with Gasteiger partial charge in [0, 0.05) is 18.7 Å². The number of nitrogens with one attached hydrogen (secondary N) is 2. The number of rotatable bonds is 7. The highest BCUT2D eigenvalue weighted by Gasteiger charge is 2.08. The van der Waals surface area contributed by atoms with Crippen LogP contribution in [0.5, 0.6) is 0 Å². The largest absolute Gasteiger partial charge is 0.354 e. The summed E-state index contributed by atoms with van der Waals surface area (Å²) in [5, 5.41) is 16.3. The van der Waals surface area contributed by atoms with Crippen molar-refractivity contribution in [1.82, 2.24) is 30.8 Å². The Morgan fingerprint density at radius 3 is 2.50 bits per heavy atom. The fraction of sp³-hybridized carbons (Fsp3) is 0.211. The molecule has 0 bridgehead atoms. The van der Waals surface area contributed by atoms with Gasteiger partial charge < -0.3 is 10.6 Å². The first-order valence-electron chi connectivity index (χ1n) is 8.66. The number of carbonyl (C=O) groups is 2. The molecule has 3 aromatic rings. The highest BCUT2D eigenvalue weighted by molar-refractivity contribution is 5.94. The van der Waals surface area contributed by atoms with E-state index in [4.69, 9.17) is 0 Å². The normalized spacial score (nSPS) is 10.5. The summed E-state index contributed by atoms with van der Waals surface area (Å²) in [5.74, 6) is -0.968. The summed E-state index contributed by atoms with van der Waals surface area (Å²) in [6.07, 6.45) is 1.70. The molecule has 9 heteroatoms. The van der Waals surface area contributed by atoms with Crippen molar-refractivity contribution in [3.8, 4) is 5.69 Å². The zero-order valence-electron chi connectivity index (χ0n) is 15.2. The standard InChI is InChI=1S/C19H19FN6O2/c1-13-2-5-15(11-17(13)20)19(28)22-9-8-21-18(27)10-14-3-6-16(7-4-14)26-12-23-24-25-26/h2-7,11-12H,8-10H2,1H3,(H,21,27)(H,22,28). The Balaban J connectivity index is 1.40. The van der Waals surface area contributed by atoms with Crippen molar-refractivity contribution < 1.29 is 14.0 Å². The summed E-state index contributed by atoms with van der Waals surface area (Å²) in [6, 6.07) is 11.6. The number of hydrogen-bond donors (Lipinski definition) is 2. The second-order valence-corrected chi connectivity index (χ2v) is 6.17. The van der Waals surface area contributed by atoms with Gasteiger partial charge in [0.15, 0.2) is 0 Å². The van der Waals surface area contributed by atoms with E-state index in [-0.39, 0.29) is 36.9 Å². The van der Waals surface area contributed by atoms with E-state index in [9.17, 15) is 14.0 Å². The second kappa shape index (κ2) is 8.85. The number of aryl methyl sites for hydroxylation is 1. The number of carbonyl (C=O) groups excluding carboxylic acids is 2. The Kier molecular flexibility index (Phi) is 6.05. The third-order valence-electron chi connectivity index (χ3n) is 4.08. The average molecular weight is 382 g/mol. The minimum absolute atomic E-state index is 0.161. The van der Waals surface area contributed by atoms with E-state index in [2.05, 4.69) is 26.2 Å². The van der Waals surface area contributed by atoms with E-state index in [1.54, 1.807) is 19.1 Å². The quantitative estimate of drug-likeness (QED) is 0.598. The lowest BCUT2D eigenvalue weighted by atomic mass is 10.1. The van der Waals surface area contributed by atoms with E-state index in [0.717, 1.165) is 11.3 Å². The maximum atomic E-state index is 13.5. The molecule has 2 N–H and O–H groups in total. The van der Waals surface area contributed by atoms with Crippen molar-refractivity contribution in [3.63, 3.8) is 0 Å². The molecule has 0 radical (unpaired) electrons. The van der Waals surface area contributed by atoms with Gasteiger partial charge in [-0.2, -0.15) is 0 Å². The molecule has 0 aliphatic carbocycles. The zero-order valence-corrected chi connectivity index (χ0v) is 15.2. The van der Waals surface area contributed by atoms with Gasteiger partial charge in [0.1, 0.15) is 12.1 Å². The van der Waals surface area contributed by atoms with E-state index < -0.39 is 5.82 Å². The van der Waals surface area contributed by atoms with Gasteiger partial charge in [-0.1, -0.05) is 18.2 Å². The SMILES string of the molecule is Cc1ccc(C(=O)NCCNC(=O)Cc2ccc(-n3cnnn3)cc2)cc1F. The lowest BCUT2D eigenvalue weighted by Gasteiger charge is -2.08. The molecule has 2 amide bonds. The van der Waals surface area contributed by atoms with Crippen LogP contribution in [0.25, 0.3) is 5.69 Å². The van der Waals surface area contributed by atoms with Gasteiger partial charge in [0.25, 0.3) is 5.91 Å². The van der Waals surface area contributed by atoms with Crippen molar-refractivity contribution in [2.24, 2.45) is 0 Å². The molecule has 0 aliphatic rings. The third kappa shape index (κ3) is 4.97. The minimum Gasteiger partial charge on any atom is -0.354 e. The highest BCUT2D eigenvalue weighted by atomic mass is 19.1. The van der Waals surface area contributed by atoms with Crippen LogP contribution in [0.2, 0.25) is 0 Å². The molecule has 2 aromatic carbocycles.